The summed E-state index contributed by atoms with van der Waals surface area (Å²) < 4.78 is 21.4. The van der Waals surface area contributed by atoms with Crippen LogP contribution in [0.25, 0.3) is 6.08 Å². The standard InChI is InChI=1S/C21H22N2O5S/c1-5-28-16-9-6-13(10-18(16)27-4)11-19-20(24)23-21(29-19)22-15-8-7-14(25-2)12-17(15)26-3/h6-12H,5H2,1-4H3,(H,22,23,24)/b19-11+. The highest BCUT2D eigenvalue weighted by molar-refractivity contribution is 8.18. The van der Waals surface area contributed by atoms with Gasteiger partial charge in [-0.3, -0.25) is 4.79 Å². The quantitative estimate of drug-likeness (QED) is 0.690. The van der Waals surface area contributed by atoms with Crippen molar-refractivity contribution in [2.45, 2.75) is 6.92 Å². The van der Waals surface area contributed by atoms with Crippen molar-refractivity contribution >= 4 is 34.6 Å². The van der Waals surface area contributed by atoms with E-state index in [9.17, 15) is 4.79 Å². The van der Waals surface area contributed by atoms with E-state index in [1.165, 1.54) is 11.8 Å². The molecule has 152 valence electrons. The molecule has 1 aliphatic heterocycles. The van der Waals surface area contributed by atoms with Crippen LogP contribution in [0.15, 0.2) is 46.3 Å². The number of nitrogens with one attached hydrogen (secondary N) is 1. The van der Waals surface area contributed by atoms with Gasteiger partial charge in [0.15, 0.2) is 16.7 Å². The highest BCUT2D eigenvalue weighted by atomic mass is 32.2. The first-order valence-corrected chi connectivity index (χ1v) is 9.72. The lowest BCUT2D eigenvalue weighted by atomic mass is 10.2. The molecule has 1 fully saturated rings. The molecule has 0 radical (unpaired) electrons. The van der Waals surface area contributed by atoms with Crippen LogP contribution >= 0.6 is 11.8 Å². The summed E-state index contributed by atoms with van der Waals surface area (Å²) in [6, 6.07) is 10.8. The van der Waals surface area contributed by atoms with Crippen LogP contribution in [0.3, 0.4) is 0 Å². The van der Waals surface area contributed by atoms with Gasteiger partial charge in [-0.15, -0.1) is 0 Å². The number of methoxy groups -OCH3 is 3. The summed E-state index contributed by atoms with van der Waals surface area (Å²) in [6.07, 6.45) is 1.78. The van der Waals surface area contributed by atoms with Gasteiger partial charge in [-0.1, -0.05) is 6.07 Å². The summed E-state index contributed by atoms with van der Waals surface area (Å²) in [5.74, 6) is 2.28. The highest BCUT2D eigenvalue weighted by Crippen LogP contribution is 2.35. The van der Waals surface area contributed by atoms with Crippen molar-refractivity contribution in [3.63, 3.8) is 0 Å². The lowest BCUT2D eigenvalue weighted by Crippen LogP contribution is -2.19. The Labute approximate surface area is 173 Å². The molecule has 1 saturated heterocycles. The molecule has 0 aromatic heterocycles. The largest absolute Gasteiger partial charge is 0.497 e. The van der Waals surface area contributed by atoms with E-state index < -0.39 is 0 Å². The Morgan fingerprint density at radius 2 is 1.79 bits per heavy atom. The summed E-state index contributed by atoms with van der Waals surface area (Å²) in [7, 11) is 4.72. The minimum Gasteiger partial charge on any atom is -0.497 e. The smallest absolute Gasteiger partial charge is 0.264 e. The maximum atomic E-state index is 12.4. The number of ether oxygens (including phenoxy) is 4. The van der Waals surface area contributed by atoms with Crippen LogP contribution in [0, 0.1) is 0 Å². The second-order valence-corrected chi connectivity index (χ2v) is 6.89. The zero-order valence-corrected chi connectivity index (χ0v) is 17.5. The van der Waals surface area contributed by atoms with E-state index in [1.807, 2.05) is 25.1 Å². The van der Waals surface area contributed by atoms with Crippen LogP contribution < -0.4 is 24.3 Å². The second-order valence-electron chi connectivity index (χ2n) is 5.86. The number of carbonyl (C=O) groups excluding carboxylic acids is 1. The van der Waals surface area contributed by atoms with Crippen molar-refractivity contribution in [2.75, 3.05) is 27.9 Å². The number of hydrogen-bond acceptors (Lipinski definition) is 7. The topological polar surface area (TPSA) is 78.4 Å². The van der Waals surface area contributed by atoms with Crippen LogP contribution in [0.2, 0.25) is 0 Å². The molecule has 2 aromatic rings. The first-order valence-electron chi connectivity index (χ1n) is 8.90. The maximum Gasteiger partial charge on any atom is 0.264 e. The van der Waals surface area contributed by atoms with Gasteiger partial charge in [-0.25, -0.2) is 4.99 Å². The number of amidine groups is 1. The molecule has 3 rings (SSSR count). The molecule has 1 N–H and O–H groups in total. The van der Waals surface area contributed by atoms with E-state index in [4.69, 9.17) is 18.9 Å². The van der Waals surface area contributed by atoms with Crippen molar-refractivity contribution < 1.29 is 23.7 Å². The Kier molecular flexibility index (Phi) is 6.66. The normalized spacial score (nSPS) is 16.1. The maximum absolute atomic E-state index is 12.4. The molecular weight excluding hydrogens is 392 g/mol. The summed E-state index contributed by atoms with van der Waals surface area (Å²) in [6.45, 7) is 2.46. The number of nitrogens with zero attached hydrogens (tertiary/aromatic N) is 1. The van der Waals surface area contributed by atoms with Crippen molar-refractivity contribution in [2.24, 2.45) is 4.99 Å². The predicted molar refractivity (Wildman–Crippen MR) is 115 cm³/mol. The van der Waals surface area contributed by atoms with Crippen LogP contribution in [-0.2, 0) is 4.79 Å². The third kappa shape index (κ3) is 4.83. The minimum absolute atomic E-state index is 0.214. The Hall–Kier alpha value is -3.13. The molecule has 1 amide bonds. The van der Waals surface area contributed by atoms with Crippen molar-refractivity contribution in [3.8, 4) is 23.0 Å². The lowest BCUT2D eigenvalue weighted by Gasteiger charge is -2.09. The third-order valence-electron chi connectivity index (χ3n) is 4.05. The van der Waals surface area contributed by atoms with Gasteiger partial charge >= 0.3 is 0 Å². The van der Waals surface area contributed by atoms with E-state index in [2.05, 4.69) is 10.3 Å². The van der Waals surface area contributed by atoms with Crippen LogP contribution in [-0.4, -0.2) is 39.0 Å². The Morgan fingerprint density at radius 3 is 2.48 bits per heavy atom. The molecule has 0 unspecified atom stereocenters. The number of rotatable bonds is 7. The number of thioether (sulfide) groups is 1. The number of benzene rings is 2. The molecule has 1 heterocycles. The number of amides is 1. The molecule has 1 aliphatic rings. The molecule has 8 heteroatoms. The zero-order valence-electron chi connectivity index (χ0n) is 16.6. The van der Waals surface area contributed by atoms with Gasteiger partial charge in [0.25, 0.3) is 5.91 Å². The molecule has 0 spiro atoms. The monoisotopic (exact) mass is 414 g/mol. The molecule has 7 nitrogen and oxygen atoms in total. The fourth-order valence-corrected chi connectivity index (χ4v) is 3.50. The van der Waals surface area contributed by atoms with E-state index >= 15 is 0 Å². The number of hydrogen-bond donors (Lipinski definition) is 1. The van der Waals surface area contributed by atoms with Gasteiger partial charge in [0, 0.05) is 6.07 Å². The summed E-state index contributed by atoms with van der Waals surface area (Å²) in [5, 5.41) is 3.25. The minimum atomic E-state index is -0.214. The highest BCUT2D eigenvalue weighted by Gasteiger charge is 2.24. The average Bonchev–Trinajstić information content (AvgIpc) is 3.08. The van der Waals surface area contributed by atoms with E-state index in [0.29, 0.717) is 45.4 Å². The Bertz CT molecular complexity index is 972. The van der Waals surface area contributed by atoms with E-state index in [1.54, 1.807) is 45.6 Å². The molecule has 29 heavy (non-hydrogen) atoms. The van der Waals surface area contributed by atoms with Crippen molar-refractivity contribution in [1.29, 1.82) is 0 Å². The predicted octanol–water partition coefficient (Wildman–Crippen LogP) is 4.00. The molecule has 0 bridgehead atoms. The lowest BCUT2D eigenvalue weighted by molar-refractivity contribution is -0.115. The number of aliphatic imine (C=N–C) groups is 1. The summed E-state index contributed by atoms with van der Waals surface area (Å²) >= 11 is 1.26. The van der Waals surface area contributed by atoms with Crippen molar-refractivity contribution in [3.05, 3.63) is 46.9 Å². The van der Waals surface area contributed by atoms with Crippen LogP contribution in [0.5, 0.6) is 23.0 Å². The Balaban J connectivity index is 1.84. The first kappa shape index (κ1) is 20.6. The second kappa shape index (κ2) is 9.38. The Morgan fingerprint density at radius 1 is 1.00 bits per heavy atom. The third-order valence-corrected chi connectivity index (χ3v) is 4.95. The van der Waals surface area contributed by atoms with Gasteiger partial charge in [0.1, 0.15) is 17.2 Å². The number of carbonyl (C=O) groups is 1. The zero-order chi connectivity index (χ0) is 20.8. The summed E-state index contributed by atoms with van der Waals surface area (Å²) in [5.41, 5.74) is 1.42. The van der Waals surface area contributed by atoms with E-state index in [-0.39, 0.29) is 5.91 Å². The van der Waals surface area contributed by atoms with Gasteiger partial charge < -0.3 is 24.3 Å². The van der Waals surface area contributed by atoms with Gasteiger partial charge in [0.05, 0.1) is 32.8 Å². The first-order chi connectivity index (χ1) is 14.1. The van der Waals surface area contributed by atoms with Gasteiger partial charge in [-0.2, -0.15) is 0 Å². The fourth-order valence-electron chi connectivity index (χ4n) is 2.67. The molecule has 2 aromatic carbocycles. The van der Waals surface area contributed by atoms with E-state index in [0.717, 1.165) is 5.56 Å². The van der Waals surface area contributed by atoms with Crippen molar-refractivity contribution in [1.82, 2.24) is 5.32 Å². The SMILES string of the molecule is CCOc1ccc(/C=C2/SC(=Nc3ccc(OC)cc3OC)NC2=O)cc1OC. The van der Waals surface area contributed by atoms with Gasteiger partial charge in [0.2, 0.25) is 0 Å². The van der Waals surface area contributed by atoms with Gasteiger partial charge in [-0.05, 0) is 54.6 Å². The molecule has 0 aliphatic carbocycles. The van der Waals surface area contributed by atoms with Crippen LogP contribution in [0.1, 0.15) is 12.5 Å². The van der Waals surface area contributed by atoms with Crippen LogP contribution in [0.4, 0.5) is 5.69 Å². The summed E-state index contributed by atoms with van der Waals surface area (Å²) in [4.78, 5) is 17.4. The molecule has 0 atom stereocenters. The fraction of sp³-hybridized carbons (Fsp3) is 0.238. The molecular formula is C21H22N2O5S. The molecule has 0 saturated carbocycles. The average molecular weight is 414 g/mol.